The van der Waals surface area contributed by atoms with Gasteiger partial charge < -0.3 is 10.5 Å². The van der Waals surface area contributed by atoms with Crippen LogP contribution in [0.1, 0.15) is 22.7 Å². The molecular formula is C17H13N5O. The molecule has 2 aromatic heterocycles. The van der Waals surface area contributed by atoms with Crippen LogP contribution >= 0.6 is 0 Å². The number of nitrogens with one attached hydrogen (secondary N) is 1. The molecule has 3 N–H and O–H groups in total. The zero-order valence-corrected chi connectivity index (χ0v) is 12.4. The van der Waals surface area contributed by atoms with Crippen LogP contribution in [0.3, 0.4) is 0 Å². The number of hydrogen-bond donors (Lipinski definition) is 2. The SMILES string of the molecule is Cc1[nH]nc2c1[C@H](c1ccnc3ccccc13)C(C#N)=C(N)O2. The van der Waals surface area contributed by atoms with Crippen molar-refractivity contribution in [2.45, 2.75) is 12.8 Å². The van der Waals surface area contributed by atoms with Crippen molar-refractivity contribution in [1.29, 1.82) is 5.26 Å². The normalized spacial score (nSPS) is 16.8. The van der Waals surface area contributed by atoms with Gasteiger partial charge in [0.1, 0.15) is 11.6 Å². The number of benzene rings is 1. The Hall–Kier alpha value is -3.33. The van der Waals surface area contributed by atoms with Crippen LogP contribution in [-0.4, -0.2) is 15.2 Å². The van der Waals surface area contributed by atoms with Gasteiger partial charge in [0, 0.05) is 22.8 Å². The Balaban J connectivity index is 2.06. The van der Waals surface area contributed by atoms with E-state index in [0.717, 1.165) is 27.7 Å². The highest BCUT2D eigenvalue weighted by Crippen LogP contribution is 2.44. The molecule has 0 unspecified atom stereocenters. The van der Waals surface area contributed by atoms with Gasteiger partial charge in [-0.15, -0.1) is 5.10 Å². The van der Waals surface area contributed by atoms with E-state index in [9.17, 15) is 5.26 Å². The van der Waals surface area contributed by atoms with Gasteiger partial charge in [0.15, 0.2) is 0 Å². The predicted molar refractivity (Wildman–Crippen MR) is 84.4 cm³/mol. The summed E-state index contributed by atoms with van der Waals surface area (Å²) < 4.78 is 5.50. The molecule has 0 saturated carbocycles. The Morgan fingerprint density at radius 2 is 2.13 bits per heavy atom. The summed E-state index contributed by atoms with van der Waals surface area (Å²) in [5.41, 5.74) is 9.86. The summed E-state index contributed by atoms with van der Waals surface area (Å²) in [4.78, 5) is 4.39. The third-order valence-electron chi connectivity index (χ3n) is 4.12. The number of aromatic amines is 1. The van der Waals surface area contributed by atoms with Gasteiger partial charge in [0.2, 0.25) is 11.8 Å². The summed E-state index contributed by atoms with van der Waals surface area (Å²) in [5, 5.41) is 17.6. The number of allylic oxidation sites excluding steroid dienone is 1. The molecule has 1 aliphatic heterocycles. The molecule has 1 aromatic carbocycles. The van der Waals surface area contributed by atoms with Gasteiger partial charge in [-0.2, -0.15) is 5.26 Å². The second-order valence-corrected chi connectivity index (χ2v) is 5.41. The van der Waals surface area contributed by atoms with Crippen molar-refractivity contribution in [3.05, 3.63) is 64.8 Å². The lowest BCUT2D eigenvalue weighted by Crippen LogP contribution is -2.21. The van der Waals surface area contributed by atoms with Crippen LogP contribution in [0.5, 0.6) is 5.88 Å². The lowest BCUT2D eigenvalue weighted by Gasteiger charge is -2.24. The monoisotopic (exact) mass is 303 g/mol. The molecule has 0 saturated heterocycles. The van der Waals surface area contributed by atoms with Crippen LogP contribution in [0.2, 0.25) is 0 Å². The van der Waals surface area contributed by atoms with E-state index in [-0.39, 0.29) is 11.8 Å². The third-order valence-corrected chi connectivity index (χ3v) is 4.12. The fraction of sp³-hybridized carbons (Fsp3) is 0.118. The van der Waals surface area contributed by atoms with E-state index in [0.29, 0.717) is 11.5 Å². The molecule has 112 valence electrons. The Morgan fingerprint density at radius 3 is 2.96 bits per heavy atom. The van der Waals surface area contributed by atoms with Crippen LogP contribution in [0.4, 0.5) is 0 Å². The van der Waals surface area contributed by atoms with Crippen molar-refractivity contribution >= 4 is 10.9 Å². The second kappa shape index (κ2) is 4.85. The molecule has 1 atom stereocenters. The first-order valence-electron chi connectivity index (χ1n) is 7.16. The summed E-state index contributed by atoms with van der Waals surface area (Å²) in [5.74, 6) is 0.192. The fourth-order valence-corrected chi connectivity index (χ4v) is 3.08. The summed E-state index contributed by atoms with van der Waals surface area (Å²) in [7, 11) is 0. The molecule has 0 spiro atoms. The number of aryl methyl sites for hydroxylation is 1. The number of nitrogens with two attached hydrogens (primary N) is 1. The van der Waals surface area contributed by atoms with E-state index in [1.807, 2.05) is 37.3 Å². The second-order valence-electron chi connectivity index (χ2n) is 5.41. The van der Waals surface area contributed by atoms with Crippen LogP contribution in [0.25, 0.3) is 10.9 Å². The molecule has 6 heteroatoms. The maximum atomic E-state index is 9.61. The predicted octanol–water partition coefficient (Wildman–Crippen LogP) is 2.48. The topological polar surface area (TPSA) is 101 Å². The lowest BCUT2D eigenvalue weighted by molar-refractivity contribution is 0.379. The minimum absolute atomic E-state index is 0.0948. The number of aromatic nitrogens is 3. The van der Waals surface area contributed by atoms with Crippen molar-refractivity contribution in [3.63, 3.8) is 0 Å². The number of fused-ring (bicyclic) bond motifs is 2. The largest absolute Gasteiger partial charge is 0.420 e. The molecule has 23 heavy (non-hydrogen) atoms. The van der Waals surface area contributed by atoms with Crippen molar-refractivity contribution in [2.75, 3.05) is 0 Å². The van der Waals surface area contributed by atoms with Gasteiger partial charge in [0.25, 0.3) is 0 Å². The fourth-order valence-electron chi connectivity index (χ4n) is 3.08. The van der Waals surface area contributed by atoms with E-state index < -0.39 is 0 Å². The number of pyridine rings is 1. The molecule has 0 radical (unpaired) electrons. The minimum Gasteiger partial charge on any atom is -0.420 e. The Labute approximate surface area is 132 Å². The lowest BCUT2D eigenvalue weighted by atomic mass is 9.83. The molecule has 6 nitrogen and oxygen atoms in total. The first kappa shape index (κ1) is 13.3. The Morgan fingerprint density at radius 1 is 1.30 bits per heavy atom. The van der Waals surface area contributed by atoms with Crippen molar-refractivity contribution in [2.24, 2.45) is 5.73 Å². The number of H-pyrrole nitrogens is 1. The van der Waals surface area contributed by atoms with Gasteiger partial charge in [-0.1, -0.05) is 18.2 Å². The van der Waals surface area contributed by atoms with Crippen molar-refractivity contribution in [1.82, 2.24) is 15.2 Å². The average Bonchev–Trinajstić information content (AvgIpc) is 2.94. The number of ether oxygens (including phenoxy) is 1. The summed E-state index contributed by atoms with van der Waals surface area (Å²) in [6.07, 6.45) is 1.74. The molecule has 4 rings (SSSR count). The van der Waals surface area contributed by atoms with Crippen LogP contribution in [0.15, 0.2) is 48.0 Å². The number of nitriles is 1. The van der Waals surface area contributed by atoms with Crippen LogP contribution < -0.4 is 10.5 Å². The minimum atomic E-state index is -0.324. The standard InChI is InChI=1S/C17H13N5O/c1-9-14-15(12(8-18)16(19)23-17(14)22-21-9)11-6-7-20-13-5-3-2-4-10(11)13/h2-7,15H,19H2,1H3,(H,21,22)/t15-/m1/s1. The van der Waals surface area contributed by atoms with Crippen LogP contribution in [0, 0.1) is 18.3 Å². The average molecular weight is 303 g/mol. The first-order chi connectivity index (χ1) is 11.2. The smallest absolute Gasteiger partial charge is 0.244 e. The third kappa shape index (κ3) is 1.87. The summed E-state index contributed by atoms with van der Waals surface area (Å²) in [6, 6.07) is 11.9. The maximum Gasteiger partial charge on any atom is 0.244 e. The van der Waals surface area contributed by atoms with Gasteiger partial charge in [0.05, 0.1) is 11.4 Å². The van der Waals surface area contributed by atoms with Gasteiger partial charge in [-0.25, -0.2) is 0 Å². The highest BCUT2D eigenvalue weighted by molar-refractivity contribution is 5.84. The van der Waals surface area contributed by atoms with E-state index in [1.54, 1.807) is 6.20 Å². The number of para-hydroxylation sites is 1. The van der Waals surface area contributed by atoms with Gasteiger partial charge in [-0.3, -0.25) is 10.1 Å². The quantitative estimate of drug-likeness (QED) is 0.719. The molecule has 0 bridgehead atoms. The zero-order valence-electron chi connectivity index (χ0n) is 12.4. The maximum absolute atomic E-state index is 9.61. The highest BCUT2D eigenvalue weighted by Gasteiger charge is 2.35. The molecule has 0 amide bonds. The summed E-state index contributed by atoms with van der Waals surface area (Å²) >= 11 is 0. The molecular weight excluding hydrogens is 290 g/mol. The van der Waals surface area contributed by atoms with Gasteiger partial charge in [-0.05, 0) is 24.6 Å². The van der Waals surface area contributed by atoms with Crippen LogP contribution in [-0.2, 0) is 0 Å². The zero-order chi connectivity index (χ0) is 16.0. The molecule has 0 fully saturated rings. The van der Waals surface area contributed by atoms with Crippen molar-refractivity contribution < 1.29 is 4.74 Å². The molecule has 0 aliphatic carbocycles. The summed E-state index contributed by atoms with van der Waals surface area (Å²) in [6.45, 7) is 1.90. The van der Waals surface area contributed by atoms with Crippen molar-refractivity contribution in [3.8, 4) is 11.9 Å². The number of nitrogens with zero attached hydrogens (tertiary/aromatic N) is 3. The Kier molecular flexibility index (Phi) is 2.81. The number of hydrogen-bond acceptors (Lipinski definition) is 5. The highest BCUT2D eigenvalue weighted by atomic mass is 16.5. The first-order valence-corrected chi connectivity index (χ1v) is 7.16. The number of rotatable bonds is 1. The van der Waals surface area contributed by atoms with E-state index in [1.165, 1.54) is 0 Å². The van der Waals surface area contributed by atoms with E-state index in [2.05, 4.69) is 21.3 Å². The van der Waals surface area contributed by atoms with E-state index >= 15 is 0 Å². The Bertz CT molecular complexity index is 990. The molecule has 3 aromatic rings. The molecule has 3 heterocycles. The van der Waals surface area contributed by atoms with E-state index in [4.69, 9.17) is 10.5 Å². The van der Waals surface area contributed by atoms with Gasteiger partial charge >= 0.3 is 0 Å². The molecule has 1 aliphatic rings.